The largest absolute Gasteiger partial charge is 0.481 e. The molecule has 0 spiro atoms. The second kappa shape index (κ2) is 7.38. The molecule has 0 aliphatic carbocycles. The topological polar surface area (TPSA) is 95.9 Å². The number of esters is 1. The summed E-state index contributed by atoms with van der Waals surface area (Å²) < 4.78 is 4.64. The van der Waals surface area contributed by atoms with Crippen LogP contribution >= 0.6 is 0 Å². The van der Waals surface area contributed by atoms with Gasteiger partial charge in [-0.1, -0.05) is 12.1 Å². The van der Waals surface area contributed by atoms with Gasteiger partial charge in [0.05, 0.1) is 18.8 Å². The number of benzene rings is 1. The summed E-state index contributed by atoms with van der Waals surface area (Å²) in [5.74, 6) is -1.42. The van der Waals surface area contributed by atoms with E-state index in [9.17, 15) is 14.7 Å². The minimum absolute atomic E-state index is 0.0957. The summed E-state index contributed by atoms with van der Waals surface area (Å²) in [4.78, 5) is 21.9. The lowest BCUT2D eigenvalue weighted by atomic mass is 10.1. The zero-order chi connectivity index (χ0) is 14.3. The van der Waals surface area contributed by atoms with Gasteiger partial charge in [-0.3, -0.25) is 4.79 Å². The summed E-state index contributed by atoms with van der Waals surface area (Å²) in [5, 5.41) is 21.0. The average Bonchev–Trinajstić information content (AvgIpc) is 2.42. The number of ether oxygens (including phenoxy) is 1. The minimum Gasteiger partial charge on any atom is -0.481 e. The number of nitrogens with one attached hydrogen (secondary N) is 1. The molecule has 0 aliphatic rings. The molecule has 0 fully saturated rings. The highest BCUT2D eigenvalue weighted by atomic mass is 16.5. The standard InChI is InChI=1S/C13H17NO5/c1-19-13(18)10-4-2-3-5-11(10)14-8-9(15)6-7-12(16)17/h2-5,9,14-15H,6-8H2,1H3,(H,16,17). The minimum atomic E-state index is -0.950. The fraction of sp³-hybridized carbons (Fsp3) is 0.385. The lowest BCUT2D eigenvalue weighted by Gasteiger charge is -2.14. The smallest absolute Gasteiger partial charge is 0.339 e. The third kappa shape index (κ3) is 4.97. The van der Waals surface area contributed by atoms with Crippen molar-refractivity contribution in [1.82, 2.24) is 0 Å². The molecule has 1 aromatic carbocycles. The van der Waals surface area contributed by atoms with E-state index in [2.05, 4.69) is 10.1 Å². The second-order valence-electron chi connectivity index (χ2n) is 4.00. The van der Waals surface area contributed by atoms with E-state index in [0.29, 0.717) is 11.3 Å². The van der Waals surface area contributed by atoms with Crippen LogP contribution in [0.15, 0.2) is 24.3 Å². The Morgan fingerprint density at radius 3 is 2.68 bits per heavy atom. The summed E-state index contributed by atoms with van der Waals surface area (Å²) in [7, 11) is 1.29. The molecular formula is C13H17NO5. The third-order valence-electron chi connectivity index (χ3n) is 2.55. The van der Waals surface area contributed by atoms with Crippen LogP contribution in [-0.4, -0.2) is 41.9 Å². The van der Waals surface area contributed by atoms with Gasteiger partial charge in [0.2, 0.25) is 0 Å². The first kappa shape index (κ1) is 15.0. The fourth-order valence-corrected chi connectivity index (χ4v) is 1.55. The Bertz CT molecular complexity index is 446. The molecule has 1 unspecified atom stereocenters. The van der Waals surface area contributed by atoms with Gasteiger partial charge in [0, 0.05) is 18.7 Å². The molecule has 19 heavy (non-hydrogen) atoms. The first-order chi connectivity index (χ1) is 9.04. The highest BCUT2D eigenvalue weighted by Crippen LogP contribution is 2.16. The molecule has 0 heterocycles. The molecule has 0 aromatic heterocycles. The van der Waals surface area contributed by atoms with Crippen molar-refractivity contribution in [2.24, 2.45) is 0 Å². The van der Waals surface area contributed by atoms with E-state index in [1.807, 2.05) is 0 Å². The van der Waals surface area contributed by atoms with Crippen molar-refractivity contribution in [3.63, 3.8) is 0 Å². The van der Waals surface area contributed by atoms with Crippen LogP contribution in [0.4, 0.5) is 5.69 Å². The average molecular weight is 267 g/mol. The maximum Gasteiger partial charge on any atom is 0.339 e. The van der Waals surface area contributed by atoms with Crippen LogP contribution in [0.3, 0.4) is 0 Å². The number of anilines is 1. The molecule has 104 valence electrons. The summed E-state index contributed by atoms with van der Waals surface area (Å²) in [6.45, 7) is 0.168. The molecule has 0 saturated carbocycles. The summed E-state index contributed by atoms with van der Waals surface area (Å²) >= 11 is 0. The fourth-order valence-electron chi connectivity index (χ4n) is 1.55. The summed E-state index contributed by atoms with van der Waals surface area (Å²) in [6.07, 6.45) is -0.730. The molecule has 0 aliphatic heterocycles. The van der Waals surface area contributed by atoms with Crippen molar-refractivity contribution in [3.8, 4) is 0 Å². The maximum atomic E-state index is 11.5. The van der Waals surface area contributed by atoms with E-state index in [1.165, 1.54) is 7.11 Å². The molecule has 1 aromatic rings. The van der Waals surface area contributed by atoms with Gasteiger partial charge < -0.3 is 20.3 Å². The molecule has 0 radical (unpaired) electrons. The van der Waals surface area contributed by atoms with E-state index < -0.39 is 18.0 Å². The van der Waals surface area contributed by atoms with Gasteiger partial charge in [-0.15, -0.1) is 0 Å². The molecule has 1 rings (SSSR count). The number of carboxylic acid groups (broad SMARTS) is 1. The highest BCUT2D eigenvalue weighted by Gasteiger charge is 2.12. The maximum absolute atomic E-state index is 11.5. The number of aliphatic hydroxyl groups is 1. The number of methoxy groups -OCH3 is 1. The van der Waals surface area contributed by atoms with Crippen LogP contribution in [-0.2, 0) is 9.53 Å². The number of carbonyl (C=O) groups excluding carboxylic acids is 1. The van der Waals surface area contributed by atoms with Gasteiger partial charge >= 0.3 is 11.9 Å². The zero-order valence-electron chi connectivity index (χ0n) is 10.6. The van der Waals surface area contributed by atoms with Crippen molar-refractivity contribution in [3.05, 3.63) is 29.8 Å². The van der Waals surface area contributed by atoms with E-state index in [0.717, 1.165) is 0 Å². The Hall–Kier alpha value is -2.08. The normalized spacial score (nSPS) is 11.7. The molecule has 0 bridgehead atoms. The van der Waals surface area contributed by atoms with Crippen molar-refractivity contribution in [2.75, 3.05) is 19.0 Å². The highest BCUT2D eigenvalue weighted by molar-refractivity contribution is 5.95. The van der Waals surface area contributed by atoms with Crippen LogP contribution < -0.4 is 5.32 Å². The number of rotatable bonds is 7. The lowest BCUT2D eigenvalue weighted by Crippen LogP contribution is -2.21. The molecule has 0 amide bonds. The van der Waals surface area contributed by atoms with E-state index in [4.69, 9.17) is 5.11 Å². The summed E-state index contributed by atoms with van der Waals surface area (Å²) in [5.41, 5.74) is 0.916. The Labute approximate surface area is 111 Å². The number of para-hydroxylation sites is 1. The Balaban J connectivity index is 2.57. The molecule has 1 atom stereocenters. The predicted octanol–water partition coefficient (Wildman–Crippen LogP) is 1.11. The van der Waals surface area contributed by atoms with Gasteiger partial charge in [0.25, 0.3) is 0 Å². The molecule has 0 saturated heterocycles. The van der Waals surface area contributed by atoms with Gasteiger partial charge in [0.15, 0.2) is 0 Å². The number of hydrogen-bond donors (Lipinski definition) is 3. The summed E-state index contributed by atoms with van der Waals surface area (Å²) in [6, 6.07) is 6.75. The molecule has 6 heteroatoms. The Morgan fingerprint density at radius 1 is 1.37 bits per heavy atom. The number of carboxylic acids is 1. The van der Waals surface area contributed by atoms with Crippen LogP contribution in [0.5, 0.6) is 0 Å². The van der Waals surface area contributed by atoms with Gasteiger partial charge in [-0.2, -0.15) is 0 Å². The molecule has 3 N–H and O–H groups in total. The van der Waals surface area contributed by atoms with Crippen molar-refractivity contribution in [1.29, 1.82) is 0 Å². The number of carbonyl (C=O) groups is 2. The van der Waals surface area contributed by atoms with Gasteiger partial charge in [0.1, 0.15) is 0 Å². The van der Waals surface area contributed by atoms with Crippen LogP contribution in [0.2, 0.25) is 0 Å². The van der Waals surface area contributed by atoms with Crippen LogP contribution in [0.25, 0.3) is 0 Å². The first-order valence-corrected chi connectivity index (χ1v) is 5.85. The van der Waals surface area contributed by atoms with Crippen LogP contribution in [0, 0.1) is 0 Å². The monoisotopic (exact) mass is 267 g/mol. The van der Waals surface area contributed by atoms with E-state index in [1.54, 1.807) is 24.3 Å². The number of aliphatic hydroxyl groups excluding tert-OH is 1. The predicted molar refractivity (Wildman–Crippen MR) is 69.1 cm³/mol. The SMILES string of the molecule is COC(=O)c1ccccc1NCC(O)CCC(=O)O. The third-order valence-corrected chi connectivity index (χ3v) is 2.55. The van der Waals surface area contributed by atoms with Gasteiger partial charge in [-0.05, 0) is 18.6 Å². The van der Waals surface area contributed by atoms with Crippen LogP contribution in [0.1, 0.15) is 23.2 Å². The Kier molecular flexibility index (Phi) is 5.81. The lowest BCUT2D eigenvalue weighted by molar-refractivity contribution is -0.137. The molecular weight excluding hydrogens is 250 g/mol. The van der Waals surface area contributed by atoms with Crippen molar-refractivity contribution < 1.29 is 24.5 Å². The quantitative estimate of drug-likeness (QED) is 0.640. The van der Waals surface area contributed by atoms with Crippen molar-refractivity contribution in [2.45, 2.75) is 18.9 Å². The van der Waals surface area contributed by atoms with Crippen molar-refractivity contribution >= 4 is 17.6 Å². The number of aliphatic carboxylic acids is 1. The first-order valence-electron chi connectivity index (χ1n) is 5.85. The Morgan fingerprint density at radius 2 is 2.05 bits per heavy atom. The zero-order valence-corrected chi connectivity index (χ0v) is 10.6. The molecule has 6 nitrogen and oxygen atoms in total. The second-order valence-corrected chi connectivity index (χ2v) is 4.00. The van der Waals surface area contributed by atoms with Gasteiger partial charge in [-0.25, -0.2) is 4.79 Å². The van der Waals surface area contributed by atoms with E-state index in [-0.39, 0.29) is 19.4 Å². The van der Waals surface area contributed by atoms with E-state index >= 15 is 0 Å². The number of hydrogen-bond acceptors (Lipinski definition) is 5.